The Balaban J connectivity index is 1.94. The van der Waals surface area contributed by atoms with Crippen molar-refractivity contribution in [3.05, 3.63) is 65.9 Å². The number of fused-ring (bicyclic) bond motifs is 3. The van der Waals surface area contributed by atoms with Gasteiger partial charge in [-0.2, -0.15) is 0 Å². The molecule has 4 rings (SSSR count). The van der Waals surface area contributed by atoms with Gasteiger partial charge in [0.1, 0.15) is 5.69 Å². The first-order valence-electron chi connectivity index (χ1n) is 7.60. The van der Waals surface area contributed by atoms with Crippen LogP contribution >= 0.6 is 0 Å². The van der Waals surface area contributed by atoms with Crippen molar-refractivity contribution in [3.8, 4) is 16.9 Å². The summed E-state index contributed by atoms with van der Waals surface area (Å²) in [4.78, 5) is 14.3. The van der Waals surface area contributed by atoms with E-state index in [1.807, 2.05) is 66.3 Å². The molecule has 1 aliphatic heterocycles. The molecule has 0 N–H and O–H groups in total. The maximum Gasteiger partial charge on any atom is 0.255 e. The third kappa shape index (κ3) is 2.21. The fraction of sp³-hybridized carbons (Fsp3) is 0.167. The molecule has 1 aromatic heterocycles. The van der Waals surface area contributed by atoms with Crippen LogP contribution in [0.2, 0.25) is 0 Å². The molecule has 0 unspecified atom stereocenters. The van der Waals surface area contributed by atoms with Gasteiger partial charge in [0.15, 0.2) is 0 Å². The summed E-state index contributed by atoms with van der Waals surface area (Å²) in [5, 5.41) is 8.72. The molecule has 0 saturated carbocycles. The molecule has 3 aromatic rings. The highest BCUT2D eigenvalue weighted by Crippen LogP contribution is 2.27. The first kappa shape index (κ1) is 13.7. The number of nitrogens with zero attached hydrogens (tertiary/aromatic N) is 4. The van der Waals surface area contributed by atoms with Gasteiger partial charge in [-0.3, -0.25) is 4.79 Å². The standard InChI is InChI=1S/C18H16N4O/c1-21-12-11-16-17(13-7-3-2-4-8-13)19-20-22(16)15-10-6-5-9-14(15)18(21)23/h2-10H,11-12H2,1H3. The van der Waals surface area contributed by atoms with Gasteiger partial charge >= 0.3 is 0 Å². The second kappa shape index (κ2) is 5.35. The van der Waals surface area contributed by atoms with Crippen molar-refractivity contribution in [1.82, 2.24) is 19.9 Å². The summed E-state index contributed by atoms with van der Waals surface area (Å²) < 4.78 is 1.81. The Kier molecular flexibility index (Phi) is 3.19. The second-order valence-corrected chi connectivity index (χ2v) is 5.66. The number of hydrogen-bond donors (Lipinski definition) is 0. The van der Waals surface area contributed by atoms with Crippen LogP contribution < -0.4 is 0 Å². The maximum atomic E-state index is 12.5. The molecule has 23 heavy (non-hydrogen) atoms. The number of likely N-dealkylation sites (N-methyl/N-ethyl adjacent to an activating group) is 1. The van der Waals surface area contributed by atoms with E-state index >= 15 is 0 Å². The van der Waals surface area contributed by atoms with Crippen LogP contribution in [0.1, 0.15) is 16.1 Å². The number of benzene rings is 2. The van der Waals surface area contributed by atoms with Gasteiger partial charge in [0.25, 0.3) is 5.91 Å². The van der Waals surface area contributed by atoms with E-state index in [-0.39, 0.29) is 5.91 Å². The smallest absolute Gasteiger partial charge is 0.255 e. The number of hydrogen-bond acceptors (Lipinski definition) is 3. The molecule has 1 aliphatic rings. The molecule has 0 fully saturated rings. The lowest BCUT2D eigenvalue weighted by Gasteiger charge is -2.23. The number of carbonyl (C=O) groups excluding carboxylic acids is 1. The third-order valence-electron chi connectivity index (χ3n) is 4.20. The monoisotopic (exact) mass is 304 g/mol. The highest BCUT2D eigenvalue weighted by atomic mass is 16.2. The number of para-hydroxylation sites is 1. The fourth-order valence-electron chi connectivity index (χ4n) is 2.96. The van der Waals surface area contributed by atoms with Crippen LogP contribution in [0.25, 0.3) is 16.9 Å². The van der Waals surface area contributed by atoms with Gasteiger partial charge in [0.2, 0.25) is 0 Å². The Hall–Kier alpha value is -2.95. The fourth-order valence-corrected chi connectivity index (χ4v) is 2.96. The maximum absolute atomic E-state index is 12.5. The minimum atomic E-state index is 0.0167. The topological polar surface area (TPSA) is 51.0 Å². The van der Waals surface area contributed by atoms with E-state index in [9.17, 15) is 4.79 Å². The lowest BCUT2D eigenvalue weighted by Crippen LogP contribution is -2.32. The van der Waals surface area contributed by atoms with Crippen LogP contribution in [0.5, 0.6) is 0 Å². The van der Waals surface area contributed by atoms with Gasteiger partial charge in [0, 0.05) is 25.6 Å². The van der Waals surface area contributed by atoms with Gasteiger partial charge in [-0.15, -0.1) is 5.10 Å². The van der Waals surface area contributed by atoms with Crippen molar-refractivity contribution >= 4 is 5.91 Å². The summed E-state index contributed by atoms with van der Waals surface area (Å²) in [5.41, 5.74) is 4.39. The summed E-state index contributed by atoms with van der Waals surface area (Å²) in [6.45, 7) is 0.639. The Morgan fingerprint density at radius 2 is 1.74 bits per heavy atom. The van der Waals surface area contributed by atoms with Crippen LogP contribution in [0, 0.1) is 0 Å². The molecule has 114 valence electrons. The Labute approximate surface area is 134 Å². The van der Waals surface area contributed by atoms with Crippen LogP contribution in [0.4, 0.5) is 0 Å². The zero-order valence-corrected chi connectivity index (χ0v) is 12.8. The van der Waals surface area contributed by atoms with Crippen LogP contribution in [-0.4, -0.2) is 39.4 Å². The molecule has 0 spiro atoms. The summed E-state index contributed by atoms with van der Waals surface area (Å²) in [6.07, 6.45) is 0.716. The number of rotatable bonds is 1. The number of amides is 1. The molecule has 0 saturated heterocycles. The predicted octanol–water partition coefficient (Wildman–Crippen LogP) is 2.56. The molecule has 1 amide bonds. The van der Waals surface area contributed by atoms with Gasteiger partial charge in [-0.05, 0) is 12.1 Å². The second-order valence-electron chi connectivity index (χ2n) is 5.66. The highest BCUT2D eigenvalue weighted by molar-refractivity contribution is 5.97. The van der Waals surface area contributed by atoms with Crippen molar-refractivity contribution in [2.75, 3.05) is 13.6 Å². The quantitative estimate of drug-likeness (QED) is 0.694. The van der Waals surface area contributed by atoms with Gasteiger partial charge in [-0.1, -0.05) is 47.7 Å². The predicted molar refractivity (Wildman–Crippen MR) is 87.5 cm³/mol. The highest BCUT2D eigenvalue weighted by Gasteiger charge is 2.25. The lowest BCUT2D eigenvalue weighted by molar-refractivity contribution is 0.0793. The summed E-state index contributed by atoms with van der Waals surface area (Å²) in [5.74, 6) is 0.0167. The van der Waals surface area contributed by atoms with Crippen molar-refractivity contribution in [3.63, 3.8) is 0 Å². The Morgan fingerprint density at radius 3 is 2.57 bits per heavy atom. The van der Waals surface area contributed by atoms with E-state index in [0.717, 1.165) is 22.6 Å². The first-order chi connectivity index (χ1) is 11.3. The minimum absolute atomic E-state index is 0.0167. The minimum Gasteiger partial charge on any atom is -0.341 e. The van der Waals surface area contributed by atoms with Crippen molar-refractivity contribution < 1.29 is 4.79 Å². The molecule has 5 nitrogen and oxygen atoms in total. The van der Waals surface area contributed by atoms with Gasteiger partial charge in [-0.25, -0.2) is 4.68 Å². The van der Waals surface area contributed by atoms with Crippen LogP contribution in [0.15, 0.2) is 54.6 Å². The zero-order valence-electron chi connectivity index (χ0n) is 12.8. The van der Waals surface area contributed by atoms with Gasteiger partial charge in [0.05, 0.1) is 16.9 Å². The van der Waals surface area contributed by atoms with Crippen molar-refractivity contribution in [2.45, 2.75) is 6.42 Å². The van der Waals surface area contributed by atoms with Gasteiger partial charge < -0.3 is 4.90 Å². The van der Waals surface area contributed by atoms with E-state index < -0.39 is 0 Å². The molecule has 5 heteroatoms. The van der Waals surface area contributed by atoms with E-state index in [0.29, 0.717) is 18.5 Å². The molecule has 0 atom stereocenters. The molecule has 2 heterocycles. The van der Waals surface area contributed by atoms with Crippen LogP contribution in [-0.2, 0) is 6.42 Å². The normalized spacial score (nSPS) is 14.0. The summed E-state index contributed by atoms with van der Waals surface area (Å²) in [6, 6.07) is 17.6. The zero-order chi connectivity index (χ0) is 15.8. The Morgan fingerprint density at radius 1 is 1.00 bits per heavy atom. The average molecular weight is 304 g/mol. The molecular weight excluding hydrogens is 288 g/mol. The van der Waals surface area contributed by atoms with Crippen molar-refractivity contribution in [2.24, 2.45) is 0 Å². The largest absolute Gasteiger partial charge is 0.341 e. The molecule has 0 radical (unpaired) electrons. The molecular formula is C18H16N4O. The lowest BCUT2D eigenvalue weighted by atomic mass is 10.1. The third-order valence-corrected chi connectivity index (χ3v) is 4.20. The van der Waals surface area contributed by atoms with E-state index in [2.05, 4.69) is 10.3 Å². The molecule has 2 aromatic carbocycles. The van der Waals surface area contributed by atoms with E-state index in [1.54, 1.807) is 4.90 Å². The summed E-state index contributed by atoms with van der Waals surface area (Å²) >= 11 is 0. The summed E-state index contributed by atoms with van der Waals surface area (Å²) in [7, 11) is 1.83. The van der Waals surface area contributed by atoms with E-state index in [4.69, 9.17) is 0 Å². The molecule has 0 bridgehead atoms. The van der Waals surface area contributed by atoms with Crippen LogP contribution in [0.3, 0.4) is 0 Å². The average Bonchev–Trinajstić information content (AvgIpc) is 3.02. The molecule has 0 aliphatic carbocycles. The number of aromatic nitrogens is 3. The van der Waals surface area contributed by atoms with E-state index in [1.165, 1.54) is 0 Å². The first-order valence-corrected chi connectivity index (χ1v) is 7.60. The SMILES string of the molecule is CN1CCc2c(-c3ccccc3)nnn2-c2ccccc2C1=O. The number of carbonyl (C=O) groups is 1. The Bertz CT molecular complexity index is 870. The van der Waals surface area contributed by atoms with Crippen molar-refractivity contribution in [1.29, 1.82) is 0 Å².